The number of halogens is 2. The third-order valence-electron chi connectivity index (χ3n) is 7.36. The molecule has 1 aliphatic carbocycles. The lowest BCUT2D eigenvalue weighted by atomic mass is 9.91. The average molecular weight is 683 g/mol. The molecule has 1 amide bonds. The fourth-order valence-corrected chi connectivity index (χ4v) is 6.15. The molecule has 2 aromatic carbocycles. The topological polar surface area (TPSA) is 139 Å². The van der Waals surface area contributed by atoms with Gasteiger partial charge in [0.2, 0.25) is 11.8 Å². The van der Waals surface area contributed by atoms with Gasteiger partial charge in [0.1, 0.15) is 5.60 Å². The molecule has 0 radical (unpaired) electrons. The first-order chi connectivity index (χ1) is 22.4. The molecular weight excluding hydrogens is 647 g/mol. The Morgan fingerprint density at radius 1 is 1.04 bits per heavy atom. The molecule has 0 bridgehead atoms. The lowest BCUT2D eigenvalue weighted by Crippen LogP contribution is -2.42. The van der Waals surface area contributed by atoms with Crippen molar-refractivity contribution >= 4 is 46.3 Å². The van der Waals surface area contributed by atoms with Gasteiger partial charge in [-0.15, -0.1) is 0 Å². The van der Waals surface area contributed by atoms with Crippen LogP contribution in [-0.2, 0) is 16.0 Å². The van der Waals surface area contributed by atoms with Crippen LogP contribution in [0.1, 0.15) is 52.0 Å². The largest absolute Gasteiger partial charge is 0.444 e. The highest BCUT2D eigenvalue weighted by Crippen LogP contribution is 2.39. The number of aromatic nitrogens is 3. The molecule has 1 atom stereocenters. The van der Waals surface area contributed by atoms with E-state index in [2.05, 4.69) is 25.6 Å². The van der Waals surface area contributed by atoms with Crippen molar-refractivity contribution in [1.82, 2.24) is 20.3 Å². The highest BCUT2D eigenvalue weighted by molar-refractivity contribution is 7.81. The number of alkyl carbamates (subject to hydrolysis) is 1. The van der Waals surface area contributed by atoms with Crippen molar-refractivity contribution < 1.29 is 27.4 Å². The quantitative estimate of drug-likeness (QED) is 0.150. The van der Waals surface area contributed by atoms with Crippen molar-refractivity contribution in [1.29, 1.82) is 0 Å². The number of aryl methyl sites for hydroxylation is 1. The van der Waals surface area contributed by atoms with E-state index in [1.54, 1.807) is 55.6 Å². The highest BCUT2D eigenvalue weighted by Gasteiger charge is 2.26. The van der Waals surface area contributed by atoms with Crippen molar-refractivity contribution in [3.8, 4) is 22.9 Å². The molecule has 4 aromatic rings. The monoisotopic (exact) mass is 682 g/mol. The van der Waals surface area contributed by atoms with E-state index in [4.69, 9.17) is 21.1 Å². The van der Waals surface area contributed by atoms with Crippen LogP contribution in [0.4, 0.5) is 26.5 Å². The fourth-order valence-electron chi connectivity index (χ4n) is 5.27. The second kappa shape index (κ2) is 14.6. The van der Waals surface area contributed by atoms with Crippen molar-refractivity contribution in [2.45, 2.75) is 71.1 Å². The molecule has 1 unspecified atom stereocenters. The van der Waals surface area contributed by atoms with Gasteiger partial charge in [0, 0.05) is 30.5 Å². The summed E-state index contributed by atoms with van der Waals surface area (Å²) in [5, 5.41) is 6.56. The number of hydrogen-bond donors (Lipinski definition) is 3. The SMILES string of the molecule is Cc1cc(N(c2ccccc2Cl)S(=O)O)cc(F)c1Oc1ncccc1-c1ccnc(NC2CCC(NC(=O)OC(C)(C)C)CC2)n1. The number of rotatable bonds is 9. The van der Waals surface area contributed by atoms with Crippen LogP contribution in [0.3, 0.4) is 0 Å². The third kappa shape index (κ3) is 8.73. The Kier molecular flexibility index (Phi) is 10.6. The van der Waals surface area contributed by atoms with Gasteiger partial charge in [-0.2, -0.15) is 0 Å². The maximum Gasteiger partial charge on any atom is 0.407 e. The van der Waals surface area contributed by atoms with Crippen molar-refractivity contribution in [2.24, 2.45) is 0 Å². The molecule has 2 aromatic heterocycles. The zero-order chi connectivity index (χ0) is 33.7. The summed E-state index contributed by atoms with van der Waals surface area (Å²) in [5.74, 6) is -0.319. The number of hydrogen-bond acceptors (Lipinski definition) is 8. The zero-order valence-corrected chi connectivity index (χ0v) is 27.9. The Labute approximate surface area is 280 Å². The molecule has 0 saturated heterocycles. The molecule has 1 saturated carbocycles. The maximum atomic E-state index is 15.6. The van der Waals surface area contributed by atoms with E-state index >= 15 is 4.39 Å². The van der Waals surface area contributed by atoms with Gasteiger partial charge >= 0.3 is 6.09 Å². The Hall–Kier alpha value is -4.33. The van der Waals surface area contributed by atoms with Crippen LogP contribution < -0.4 is 19.7 Å². The minimum atomic E-state index is -2.53. The second-order valence-corrected chi connectivity index (χ2v) is 13.3. The first-order valence-corrected chi connectivity index (χ1v) is 16.5. The lowest BCUT2D eigenvalue weighted by Gasteiger charge is -2.30. The van der Waals surface area contributed by atoms with E-state index in [1.165, 1.54) is 12.3 Å². The summed E-state index contributed by atoms with van der Waals surface area (Å²) in [4.78, 5) is 25.6. The number of amides is 1. The van der Waals surface area contributed by atoms with E-state index in [-0.39, 0.29) is 40.1 Å². The Bertz CT molecular complexity index is 1740. The minimum absolute atomic E-state index is 0.0353. The number of benzene rings is 2. The maximum absolute atomic E-state index is 15.6. The van der Waals surface area contributed by atoms with Crippen molar-refractivity contribution in [2.75, 3.05) is 9.62 Å². The minimum Gasteiger partial charge on any atom is -0.444 e. The number of nitrogens with zero attached hydrogens (tertiary/aromatic N) is 4. The van der Waals surface area contributed by atoms with Crippen molar-refractivity contribution in [3.05, 3.63) is 83.4 Å². The number of nitrogens with one attached hydrogen (secondary N) is 2. The predicted octanol–water partition coefficient (Wildman–Crippen LogP) is 7.95. The average Bonchev–Trinajstić information content (AvgIpc) is 3.00. The first kappa shape index (κ1) is 34.0. The second-order valence-electron chi connectivity index (χ2n) is 12.1. The molecule has 11 nitrogen and oxygen atoms in total. The molecule has 0 spiro atoms. The molecule has 14 heteroatoms. The van der Waals surface area contributed by atoms with Gasteiger partial charge in [0.15, 0.2) is 11.6 Å². The highest BCUT2D eigenvalue weighted by atomic mass is 35.5. The predicted molar refractivity (Wildman–Crippen MR) is 180 cm³/mol. The van der Waals surface area contributed by atoms with Crippen LogP contribution in [0.25, 0.3) is 11.3 Å². The summed E-state index contributed by atoms with van der Waals surface area (Å²) < 4.78 is 50.3. The van der Waals surface area contributed by atoms with Gasteiger partial charge in [-0.1, -0.05) is 23.7 Å². The van der Waals surface area contributed by atoms with Crippen molar-refractivity contribution in [3.63, 3.8) is 0 Å². The summed E-state index contributed by atoms with van der Waals surface area (Å²) in [7, 11) is 0. The van der Waals surface area contributed by atoms with Crippen LogP contribution in [0.2, 0.25) is 5.02 Å². The number of anilines is 3. The molecule has 5 rings (SSSR count). The van der Waals surface area contributed by atoms with Gasteiger partial charge in [0.05, 0.1) is 27.7 Å². The number of ether oxygens (including phenoxy) is 2. The Morgan fingerprint density at radius 2 is 1.77 bits per heavy atom. The smallest absolute Gasteiger partial charge is 0.407 e. The first-order valence-electron chi connectivity index (χ1n) is 15.1. The molecule has 47 heavy (non-hydrogen) atoms. The Morgan fingerprint density at radius 3 is 2.45 bits per heavy atom. The summed E-state index contributed by atoms with van der Waals surface area (Å²) in [6, 6.07) is 14.5. The molecular formula is C33H36ClFN6O5S. The molecule has 1 aliphatic rings. The summed E-state index contributed by atoms with van der Waals surface area (Å²) in [5.41, 5.74) is 1.20. The van der Waals surface area contributed by atoms with E-state index in [9.17, 15) is 13.6 Å². The summed E-state index contributed by atoms with van der Waals surface area (Å²) >= 11 is 3.73. The Balaban J connectivity index is 1.30. The standard InChI is InChI=1S/C33H36ClFN6O5S/c1-20-18-23(41(47(43)44)28-10-6-5-9-25(28)34)19-26(35)29(20)45-30-24(8-7-16-36-30)27-15-17-37-31(40-27)38-21-11-13-22(14-12-21)39-32(42)46-33(2,3)4/h5-10,15-19,21-22H,11-14H2,1-4H3,(H,39,42)(H,43,44)(H,37,38,40). The van der Waals surface area contributed by atoms with Gasteiger partial charge in [-0.25, -0.2) is 32.7 Å². The summed E-state index contributed by atoms with van der Waals surface area (Å²) in [6.07, 6.45) is 5.92. The lowest BCUT2D eigenvalue weighted by molar-refractivity contribution is 0.0492. The fraction of sp³-hybridized carbons (Fsp3) is 0.333. The van der Waals surface area contributed by atoms with Gasteiger partial charge in [-0.05, 0) is 95.3 Å². The van der Waals surface area contributed by atoms with Crippen LogP contribution >= 0.6 is 11.6 Å². The van der Waals surface area contributed by atoms with Gasteiger partial charge in [0.25, 0.3) is 11.3 Å². The van der Waals surface area contributed by atoms with E-state index < -0.39 is 28.8 Å². The van der Waals surface area contributed by atoms with Crippen LogP contribution in [0.5, 0.6) is 11.6 Å². The summed E-state index contributed by atoms with van der Waals surface area (Å²) in [6.45, 7) is 7.13. The molecule has 0 aliphatic heterocycles. The van der Waals surface area contributed by atoms with Crippen LogP contribution in [-0.4, -0.2) is 47.5 Å². The third-order valence-corrected chi connectivity index (χ3v) is 8.40. The zero-order valence-electron chi connectivity index (χ0n) is 26.4. The molecule has 1 fully saturated rings. The number of pyridine rings is 1. The van der Waals surface area contributed by atoms with Gasteiger partial charge < -0.3 is 20.1 Å². The molecule has 3 N–H and O–H groups in total. The number of carbonyl (C=O) groups excluding carboxylic acids is 1. The number of carbonyl (C=O) groups is 1. The normalized spacial score (nSPS) is 17.0. The van der Waals surface area contributed by atoms with Crippen LogP contribution in [0.15, 0.2) is 67.0 Å². The van der Waals surface area contributed by atoms with Gasteiger partial charge in [-0.3, -0.25) is 4.55 Å². The number of para-hydroxylation sites is 1. The van der Waals surface area contributed by atoms with E-state index in [0.29, 0.717) is 22.8 Å². The molecule has 248 valence electrons. The van der Waals surface area contributed by atoms with Crippen LogP contribution in [0, 0.1) is 12.7 Å². The van der Waals surface area contributed by atoms with E-state index in [1.807, 2.05) is 20.8 Å². The molecule has 2 heterocycles. The van der Waals surface area contributed by atoms with E-state index in [0.717, 1.165) is 36.1 Å².